The van der Waals surface area contributed by atoms with E-state index in [1.54, 1.807) is 19.1 Å². The van der Waals surface area contributed by atoms with Gasteiger partial charge in [-0.1, -0.05) is 11.8 Å². The molecule has 2 heteroatoms. The van der Waals surface area contributed by atoms with Gasteiger partial charge in [0.25, 0.3) is 0 Å². The third-order valence-corrected chi connectivity index (χ3v) is 2.09. The van der Waals surface area contributed by atoms with E-state index in [1.807, 2.05) is 0 Å². The fraction of sp³-hybridized carbons (Fsp3) is 0.429. The van der Waals surface area contributed by atoms with Crippen LogP contribution in [0.4, 0.5) is 0 Å². The Morgan fingerprint density at radius 2 is 2.06 bits per heavy atom. The van der Waals surface area contributed by atoms with Gasteiger partial charge in [0, 0.05) is 6.61 Å². The Labute approximate surface area is 96.7 Å². The van der Waals surface area contributed by atoms with Crippen LogP contribution in [-0.2, 0) is 4.74 Å². The molecule has 1 saturated heterocycles. The van der Waals surface area contributed by atoms with Gasteiger partial charge in [0.2, 0.25) is 0 Å². The molecule has 0 spiro atoms. The average Bonchev–Trinajstić information content (AvgIpc) is 2.30. The van der Waals surface area contributed by atoms with Gasteiger partial charge in [-0.2, -0.15) is 0 Å². The number of hydrogen-bond donors (Lipinski definition) is 1. The Balaban J connectivity index is 2.41. The van der Waals surface area contributed by atoms with Gasteiger partial charge in [-0.15, -0.1) is 0 Å². The summed E-state index contributed by atoms with van der Waals surface area (Å²) in [6, 6.07) is 0. The van der Waals surface area contributed by atoms with Crippen LogP contribution in [0.1, 0.15) is 19.8 Å². The molecule has 2 nitrogen and oxygen atoms in total. The van der Waals surface area contributed by atoms with Crippen LogP contribution in [0.25, 0.3) is 0 Å². The predicted octanol–water partition coefficient (Wildman–Crippen LogP) is 1.11. The third-order valence-electron chi connectivity index (χ3n) is 2.09. The number of aliphatic hydroxyl groups is 1. The fourth-order valence-electron chi connectivity index (χ4n) is 1.32. The molecule has 82 valence electrons. The second kappa shape index (κ2) is 7.61. The van der Waals surface area contributed by atoms with Crippen molar-refractivity contribution < 1.29 is 9.84 Å². The molecule has 2 unspecified atom stereocenters. The number of ether oxygens (including phenoxy) is 1. The molecule has 0 aromatic carbocycles. The van der Waals surface area contributed by atoms with E-state index in [-0.39, 0.29) is 6.10 Å². The number of hydrogen-bond acceptors (Lipinski definition) is 2. The van der Waals surface area contributed by atoms with E-state index in [9.17, 15) is 5.11 Å². The topological polar surface area (TPSA) is 29.5 Å². The molecule has 0 aromatic heterocycles. The molecule has 0 aliphatic carbocycles. The molecule has 0 radical (unpaired) electrons. The monoisotopic (exact) mass is 214 g/mol. The average molecular weight is 214 g/mol. The molecule has 1 aliphatic heterocycles. The Morgan fingerprint density at radius 1 is 1.25 bits per heavy atom. The largest absolute Gasteiger partial charge is 0.390 e. The first-order valence-corrected chi connectivity index (χ1v) is 5.23. The Kier molecular flexibility index (Phi) is 5.90. The van der Waals surface area contributed by atoms with Gasteiger partial charge in [0.05, 0.1) is 6.10 Å². The molecule has 0 bridgehead atoms. The lowest BCUT2D eigenvalue weighted by Crippen LogP contribution is -2.32. The Bertz CT molecular complexity index is 415. The SMILES string of the molecule is CC#CC#CC#C/C=C/C1OCCCC1O. The summed E-state index contributed by atoms with van der Waals surface area (Å²) in [4.78, 5) is 0. The van der Waals surface area contributed by atoms with Crippen LogP contribution < -0.4 is 0 Å². The van der Waals surface area contributed by atoms with Crippen LogP contribution in [0.5, 0.6) is 0 Å². The van der Waals surface area contributed by atoms with E-state index in [1.165, 1.54) is 0 Å². The second-order valence-corrected chi connectivity index (χ2v) is 3.30. The maximum Gasteiger partial charge on any atom is 0.102 e. The van der Waals surface area contributed by atoms with Crippen LogP contribution in [0.2, 0.25) is 0 Å². The lowest BCUT2D eigenvalue weighted by Gasteiger charge is -2.25. The van der Waals surface area contributed by atoms with Crippen molar-refractivity contribution >= 4 is 0 Å². The molecular weight excluding hydrogens is 200 g/mol. The Morgan fingerprint density at radius 3 is 2.81 bits per heavy atom. The van der Waals surface area contributed by atoms with Gasteiger partial charge in [-0.05, 0) is 55.6 Å². The summed E-state index contributed by atoms with van der Waals surface area (Å²) in [5, 5.41) is 9.57. The molecular formula is C14H14O2. The summed E-state index contributed by atoms with van der Waals surface area (Å²) in [5.74, 6) is 15.8. The van der Waals surface area contributed by atoms with Gasteiger partial charge in [0.1, 0.15) is 6.10 Å². The number of allylic oxidation sites excluding steroid dienone is 1. The van der Waals surface area contributed by atoms with Crippen molar-refractivity contribution in [2.24, 2.45) is 0 Å². The van der Waals surface area contributed by atoms with Crippen LogP contribution in [0.15, 0.2) is 12.2 Å². The van der Waals surface area contributed by atoms with Crippen molar-refractivity contribution in [2.75, 3.05) is 6.61 Å². The fourth-order valence-corrected chi connectivity index (χ4v) is 1.32. The minimum atomic E-state index is -0.413. The highest BCUT2D eigenvalue weighted by Gasteiger charge is 2.20. The summed E-state index contributed by atoms with van der Waals surface area (Å²) in [5.41, 5.74) is 0. The lowest BCUT2D eigenvalue weighted by molar-refractivity contribution is -0.0483. The van der Waals surface area contributed by atoms with Crippen LogP contribution in [0, 0.1) is 35.5 Å². The van der Waals surface area contributed by atoms with Gasteiger partial charge >= 0.3 is 0 Å². The predicted molar refractivity (Wildman–Crippen MR) is 63.1 cm³/mol. The molecule has 1 heterocycles. The highest BCUT2D eigenvalue weighted by molar-refractivity contribution is 5.37. The van der Waals surface area contributed by atoms with Crippen molar-refractivity contribution in [3.05, 3.63) is 12.2 Å². The minimum Gasteiger partial charge on any atom is -0.390 e. The van der Waals surface area contributed by atoms with Crippen LogP contribution in [0.3, 0.4) is 0 Å². The molecule has 1 fully saturated rings. The summed E-state index contributed by atoms with van der Waals surface area (Å²) >= 11 is 0. The highest BCUT2D eigenvalue weighted by atomic mass is 16.5. The van der Waals surface area contributed by atoms with E-state index in [0.29, 0.717) is 6.61 Å². The van der Waals surface area contributed by atoms with E-state index in [2.05, 4.69) is 35.5 Å². The summed E-state index contributed by atoms with van der Waals surface area (Å²) in [6.45, 7) is 2.43. The van der Waals surface area contributed by atoms with Gasteiger partial charge in [0.15, 0.2) is 0 Å². The zero-order chi connectivity index (χ0) is 11.6. The van der Waals surface area contributed by atoms with E-state index in [4.69, 9.17) is 4.74 Å². The molecule has 16 heavy (non-hydrogen) atoms. The molecule has 0 saturated carbocycles. The molecule has 0 amide bonds. The maximum atomic E-state index is 9.57. The van der Waals surface area contributed by atoms with Crippen molar-refractivity contribution in [1.29, 1.82) is 0 Å². The first-order valence-electron chi connectivity index (χ1n) is 5.23. The van der Waals surface area contributed by atoms with E-state index in [0.717, 1.165) is 12.8 Å². The smallest absolute Gasteiger partial charge is 0.102 e. The maximum absolute atomic E-state index is 9.57. The van der Waals surface area contributed by atoms with Gasteiger partial charge in [-0.25, -0.2) is 0 Å². The third kappa shape index (κ3) is 4.72. The molecule has 0 aromatic rings. The quantitative estimate of drug-likeness (QED) is 0.663. The van der Waals surface area contributed by atoms with E-state index >= 15 is 0 Å². The van der Waals surface area contributed by atoms with Crippen molar-refractivity contribution in [2.45, 2.75) is 32.0 Å². The van der Waals surface area contributed by atoms with Crippen molar-refractivity contribution in [1.82, 2.24) is 0 Å². The zero-order valence-corrected chi connectivity index (χ0v) is 9.29. The molecule has 1 rings (SSSR count). The Hall–Kier alpha value is -1.66. The van der Waals surface area contributed by atoms with E-state index < -0.39 is 6.10 Å². The summed E-state index contributed by atoms with van der Waals surface area (Å²) in [7, 11) is 0. The summed E-state index contributed by atoms with van der Waals surface area (Å²) < 4.78 is 5.37. The van der Waals surface area contributed by atoms with Gasteiger partial charge < -0.3 is 9.84 Å². The van der Waals surface area contributed by atoms with Crippen LogP contribution in [-0.4, -0.2) is 23.9 Å². The van der Waals surface area contributed by atoms with Crippen molar-refractivity contribution in [3.8, 4) is 35.5 Å². The number of aliphatic hydroxyl groups excluding tert-OH is 1. The molecule has 1 N–H and O–H groups in total. The minimum absolute atomic E-state index is 0.230. The lowest BCUT2D eigenvalue weighted by atomic mass is 10.1. The second-order valence-electron chi connectivity index (χ2n) is 3.30. The van der Waals surface area contributed by atoms with Gasteiger partial charge in [-0.3, -0.25) is 0 Å². The first-order chi connectivity index (χ1) is 7.84. The summed E-state index contributed by atoms with van der Waals surface area (Å²) in [6.07, 6.45) is 4.49. The van der Waals surface area contributed by atoms with Crippen molar-refractivity contribution in [3.63, 3.8) is 0 Å². The van der Waals surface area contributed by atoms with Crippen LogP contribution >= 0.6 is 0 Å². The standard InChI is InChI=1S/C14H14O2/c1-2-3-4-5-6-7-8-11-14-13(15)10-9-12-16-14/h8,11,13-15H,9-10,12H2,1H3/b11-8+. The highest BCUT2D eigenvalue weighted by Crippen LogP contribution is 2.14. The normalized spacial score (nSPS) is 23.4. The molecule has 1 aliphatic rings. The molecule has 2 atom stereocenters. The number of rotatable bonds is 1. The zero-order valence-electron chi connectivity index (χ0n) is 9.29. The first kappa shape index (κ1) is 12.4.